The molecule has 0 radical (unpaired) electrons. The van der Waals surface area contributed by atoms with Crippen LogP contribution in [0.25, 0.3) is 0 Å². The highest BCUT2D eigenvalue weighted by atomic mass is 16.5. The average molecular weight is 351 g/mol. The Bertz CT molecular complexity index is 871. The number of hydrogen-bond donors (Lipinski definition) is 1. The molecule has 1 aromatic carbocycles. The van der Waals surface area contributed by atoms with E-state index in [0.717, 1.165) is 17.0 Å². The fourth-order valence-electron chi connectivity index (χ4n) is 2.62. The molecule has 3 rings (SSSR count). The van der Waals surface area contributed by atoms with Gasteiger partial charge in [0.25, 0.3) is 5.91 Å². The normalized spacial score (nSPS) is 11.8. The predicted molar refractivity (Wildman–Crippen MR) is 96.9 cm³/mol. The first-order valence-electron chi connectivity index (χ1n) is 8.41. The topological polar surface area (TPSA) is 77.2 Å². The van der Waals surface area contributed by atoms with E-state index in [1.165, 1.54) is 0 Å². The molecule has 0 spiro atoms. The van der Waals surface area contributed by atoms with Gasteiger partial charge in [-0.15, -0.1) is 0 Å². The number of carbonyl (C=O) groups is 1. The second-order valence-electron chi connectivity index (χ2n) is 6.04. The zero-order chi connectivity index (χ0) is 18.5. The Hall–Kier alpha value is -3.15. The summed E-state index contributed by atoms with van der Waals surface area (Å²) in [5, 5.41) is 6.87. The monoisotopic (exact) mass is 351 g/mol. The molecular formula is C20H21N3O3. The standard InChI is InChI=1S/C20H21N3O3/c1-13-17(15(3)26-23-13)12-25-19-10-5-4-8-16(19)20(24)22-14(2)18-9-6-7-11-21-18/h4-11,14H,12H2,1-3H3,(H,22,24). The van der Waals surface area contributed by atoms with Gasteiger partial charge in [-0.3, -0.25) is 9.78 Å². The minimum atomic E-state index is -0.211. The van der Waals surface area contributed by atoms with Crippen LogP contribution >= 0.6 is 0 Å². The van der Waals surface area contributed by atoms with Crippen LogP contribution in [-0.4, -0.2) is 16.0 Å². The number of pyridine rings is 1. The summed E-state index contributed by atoms with van der Waals surface area (Å²) in [7, 11) is 0. The molecule has 0 aliphatic rings. The first-order chi connectivity index (χ1) is 12.6. The van der Waals surface area contributed by atoms with Crippen molar-refractivity contribution in [2.24, 2.45) is 0 Å². The molecule has 0 saturated carbocycles. The summed E-state index contributed by atoms with van der Waals surface area (Å²) in [6.45, 7) is 5.89. The largest absolute Gasteiger partial charge is 0.488 e. The number of benzene rings is 1. The molecule has 1 amide bonds. The maximum absolute atomic E-state index is 12.7. The molecule has 0 aliphatic heterocycles. The Kier molecular flexibility index (Phi) is 5.31. The van der Waals surface area contributed by atoms with E-state index in [1.807, 2.05) is 51.1 Å². The van der Waals surface area contributed by atoms with E-state index in [0.29, 0.717) is 23.7 Å². The summed E-state index contributed by atoms with van der Waals surface area (Å²) in [6.07, 6.45) is 1.71. The van der Waals surface area contributed by atoms with Crippen LogP contribution in [0.5, 0.6) is 5.75 Å². The summed E-state index contributed by atoms with van der Waals surface area (Å²) in [5.41, 5.74) is 2.95. The minimum Gasteiger partial charge on any atom is -0.488 e. The molecule has 1 N–H and O–H groups in total. The number of carbonyl (C=O) groups excluding carboxylic acids is 1. The smallest absolute Gasteiger partial charge is 0.255 e. The second kappa shape index (κ2) is 7.82. The SMILES string of the molecule is Cc1noc(C)c1COc1ccccc1C(=O)NC(C)c1ccccn1. The molecule has 3 aromatic rings. The summed E-state index contributed by atoms with van der Waals surface area (Å²) in [6, 6.07) is 12.6. The van der Waals surface area contributed by atoms with Gasteiger partial charge in [0, 0.05) is 6.20 Å². The number of amides is 1. The van der Waals surface area contributed by atoms with Gasteiger partial charge < -0.3 is 14.6 Å². The van der Waals surface area contributed by atoms with Crippen LogP contribution in [0.3, 0.4) is 0 Å². The summed E-state index contributed by atoms with van der Waals surface area (Å²) in [4.78, 5) is 17.0. The lowest BCUT2D eigenvalue weighted by molar-refractivity contribution is 0.0934. The first-order valence-corrected chi connectivity index (χ1v) is 8.41. The van der Waals surface area contributed by atoms with Gasteiger partial charge in [0.1, 0.15) is 18.1 Å². The van der Waals surface area contributed by atoms with Crippen LogP contribution < -0.4 is 10.1 Å². The van der Waals surface area contributed by atoms with Crippen molar-refractivity contribution in [3.05, 3.63) is 76.9 Å². The molecule has 0 aliphatic carbocycles. The highest BCUT2D eigenvalue weighted by Gasteiger charge is 2.17. The van der Waals surface area contributed by atoms with Gasteiger partial charge in [-0.25, -0.2) is 0 Å². The molecule has 6 heteroatoms. The van der Waals surface area contributed by atoms with Crippen molar-refractivity contribution >= 4 is 5.91 Å². The number of rotatable bonds is 6. The van der Waals surface area contributed by atoms with Gasteiger partial charge in [-0.1, -0.05) is 23.4 Å². The van der Waals surface area contributed by atoms with E-state index in [-0.39, 0.29) is 11.9 Å². The van der Waals surface area contributed by atoms with Crippen molar-refractivity contribution in [2.45, 2.75) is 33.4 Å². The van der Waals surface area contributed by atoms with Crippen LogP contribution in [0.4, 0.5) is 0 Å². The fraction of sp³-hybridized carbons (Fsp3) is 0.250. The Morgan fingerprint density at radius 3 is 2.65 bits per heavy atom. The molecule has 2 heterocycles. The predicted octanol–water partition coefficient (Wildman–Crippen LogP) is 3.76. The van der Waals surface area contributed by atoms with Gasteiger partial charge in [0.05, 0.1) is 28.6 Å². The number of para-hydroxylation sites is 1. The lowest BCUT2D eigenvalue weighted by atomic mass is 10.1. The molecule has 1 atom stereocenters. The van der Waals surface area contributed by atoms with Gasteiger partial charge in [-0.2, -0.15) is 0 Å². The Balaban J connectivity index is 1.73. The fourth-order valence-corrected chi connectivity index (χ4v) is 2.62. The zero-order valence-corrected chi connectivity index (χ0v) is 15.0. The molecule has 6 nitrogen and oxygen atoms in total. The Labute approximate surface area is 152 Å². The van der Waals surface area contributed by atoms with E-state index < -0.39 is 0 Å². The zero-order valence-electron chi connectivity index (χ0n) is 15.0. The third-order valence-electron chi connectivity index (χ3n) is 4.16. The Morgan fingerprint density at radius 2 is 1.96 bits per heavy atom. The highest BCUT2D eigenvalue weighted by molar-refractivity contribution is 5.97. The van der Waals surface area contributed by atoms with Crippen molar-refractivity contribution in [1.29, 1.82) is 0 Å². The number of nitrogens with one attached hydrogen (secondary N) is 1. The quantitative estimate of drug-likeness (QED) is 0.732. The average Bonchev–Trinajstić information content (AvgIpc) is 2.98. The van der Waals surface area contributed by atoms with E-state index in [1.54, 1.807) is 18.3 Å². The van der Waals surface area contributed by atoms with Gasteiger partial charge >= 0.3 is 0 Å². The third kappa shape index (κ3) is 3.91. The van der Waals surface area contributed by atoms with Crippen molar-refractivity contribution in [1.82, 2.24) is 15.5 Å². The van der Waals surface area contributed by atoms with E-state index in [4.69, 9.17) is 9.26 Å². The van der Waals surface area contributed by atoms with E-state index in [9.17, 15) is 4.79 Å². The van der Waals surface area contributed by atoms with E-state index in [2.05, 4.69) is 15.5 Å². The maximum atomic E-state index is 12.7. The number of aryl methyl sites for hydroxylation is 2. The lowest BCUT2D eigenvalue weighted by Crippen LogP contribution is -2.27. The molecular weight excluding hydrogens is 330 g/mol. The molecule has 2 aromatic heterocycles. The van der Waals surface area contributed by atoms with Crippen LogP contribution in [0.2, 0.25) is 0 Å². The van der Waals surface area contributed by atoms with Crippen molar-refractivity contribution < 1.29 is 14.1 Å². The number of aromatic nitrogens is 2. The summed E-state index contributed by atoms with van der Waals surface area (Å²) in [5.74, 6) is 1.02. The van der Waals surface area contributed by atoms with Gasteiger partial charge in [0.15, 0.2) is 0 Å². The molecule has 0 fully saturated rings. The first kappa shape index (κ1) is 17.7. The second-order valence-corrected chi connectivity index (χ2v) is 6.04. The maximum Gasteiger partial charge on any atom is 0.255 e. The number of ether oxygens (including phenoxy) is 1. The van der Waals surface area contributed by atoms with Gasteiger partial charge in [0.2, 0.25) is 0 Å². The van der Waals surface area contributed by atoms with Crippen molar-refractivity contribution in [2.75, 3.05) is 0 Å². The van der Waals surface area contributed by atoms with E-state index >= 15 is 0 Å². The van der Waals surface area contributed by atoms with Crippen molar-refractivity contribution in [3.63, 3.8) is 0 Å². The van der Waals surface area contributed by atoms with Crippen LogP contribution in [-0.2, 0) is 6.61 Å². The molecule has 0 bridgehead atoms. The summed E-state index contributed by atoms with van der Waals surface area (Å²) >= 11 is 0. The highest BCUT2D eigenvalue weighted by Crippen LogP contribution is 2.22. The Morgan fingerprint density at radius 1 is 1.19 bits per heavy atom. The molecule has 134 valence electrons. The molecule has 26 heavy (non-hydrogen) atoms. The molecule has 1 unspecified atom stereocenters. The number of nitrogens with zero attached hydrogens (tertiary/aromatic N) is 2. The van der Waals surface area contributed by atoms with Crippen molar-refractivity contribution in [3.8, 4) is 5.75 Å². The number of hydrogen-bond acceptors (Lipinski definition) is 5. The lowest BCUT2D eigenvalue weighted by Gasteiger charge is -2.15. The van der Waals surface area contributed by atoms with Gasteiger partial charge in [-0.05, 0) is 45.0 Å². The third-order valence-corrected chi connectivity index (χ3v) is 4.16. The van der Waals surface area contributed by atoms with Crippen LogP contribution in [0, 0.1) is 13.8 Å². The van der Waals surface area contributed by atoms with Crippen LogP contribution in [0.1, 0.15) is 46.0 Å². The molecule has 0 saturated heterocycles. The minimum absolute atomic E-state index is 0.209. The summed E-state index contributed by atoms with van der Waals surface area (Å²) < 4.78 is 11.0. The van der Waals surface area contributed by atoms with Crippen LogP contribution in [0.15, 0.2) is 53.2 Å².